The Kier molecular flexibility index (Phi) is 5.14. The van der Waals surface area contributed by atoms with Gasteiger partial charge in [-0.1, -0.05) is 44.1 Å². The second-order valence-electron chi connectivity index (χ2n) is 6.50. The van der Waals surface area contributed by atoms with Crippen molar-refractivity contribution in [2.75, 3.05) is 6.26 Å². The lowest BCUT2D eigenvalue weighted by Crippen LogP contribution is -2.10. The van der Waals surface area contributed by atoms with Gasteiger partial charge in [0, 0.05) is 17.2 Å². The highest BCUT2D eigenvalue weighted by molar-refractivity contribution is 7.98. The number of thiazole rings is 1. The quantitative estimate of drug-likeness (QED) is 0.399. The van der Waals surface area contributed by atoms with Gasteiger partial charge in [-0.15, -0.1) is 11.3 Å². The standard InChI is InChI=1S/C18H17ClFN3S2/c1-18(2,3)16-23-14(11-9-10(20)5-6-12(11)19)15(25-16)13-7-8-21-17(22-13)24-4/h5-9H,1-4H3. The Morgan fingerprint density at radius 1 is 1.16 bits per heavy atom. The highest BCUT2D eigenvalue weighted by Gasteiger charge is 2.25. The maximum Gasteiger partial charge on any atom is 0.187 e. The van der Waals surface area contributed by atoms with Crippen LogP contribution in [0.4, 0.5) is 4.39 Å². The molecular weight excluding hydrogens is 377 g/mol. The van der Waals surface area contributed by atoms with E-state index >= 15 is 0 Å². The van der Waals surface area contributed by atoms with Crippen molar-refractivity contribution in [2.45, 2.75) is 31.3 Å². The molecule has 25 heavy (non-hydrogen) atoms. The Labute approximate surface area is 159 Å². The predicted octanol–water partition coefficient (Wildman–Crippen LogP) is 6.08. The molecule has 3 aromatic rings. The molecule has 0 unspecified atom stereocenters. The molecule has 7 heteroatoms. The van der Waals surface area contributed by atoms with Crippen molar-refractivity contribution >= 4 is 34.7 Å². The van der Waals surface area contributed by atoms with Crippen molar-refractivity contribution in [1.82, 2.24) is 15.0 Å². The molecule has 0 saturated heterocycles. The van der Waals surface area contributed by atoms with Gasteiger partial charge in [-0.05, 0) is 30.5 Å². The number of nitrogens with zero attached hydrogens (tertiary/aromatic N) is 3. The monoisotopic (exact) mass is 393 g/mol. The van der Waals surface area contributed by atoms with Crippen LogP contribution in [0.2, 0.25) is 5.02 Å². The van der Waals surface area contributed by atoms with E-state index in [0.717, 1.165) is 15.6 Å². The highest BCUT2D eigenvalue weighted by atomic mass is 35.5. The second kappa shape index (κ2) is 7.02. The fourth-order valence-electron chi connectivity index (χ4n) is 2.24. The maximum atomic E-state index is 13.8. The lowest BCUT2D eigenvalue weighted by Gasteiger charge is -2.13. The molecule has 130 valence electrons. The van der Waals surface area contributed by atoms with Crippen LogP contribution in [-0.2, 0) is 5.41 Å². The van der Waals surface area contributed by atoms with Crippen LogP contribution in [0, 0.1) is 5.82 Å². The van der Waals surface area contributed by atoms with Gasteiger partial charge in [0.2, 0.25) is 0 Å². The Morgan fingerprint density at radius 2 is 1.92 bits per heavy atom. The summed E-state index contributed by atoms with van der Waals surface area (Å²) in [7, 11) is 0. The van der Waals surface area contributed by atoms with E-state index in [1.54, 1.807) is 23.6 Å². The molecule has 0 fully saturated rings. The number of benzene rings is 1. The first-order chi connectivity index (χ1) is 11.8. The van der Waals surface area contributed by atoms with Gasteiger partial charge in [0.1, 0.15) is 5.82 Å². The lowest BCUT2D eigenvalue weighted by atomic mass is 9.98. The molecule has 2 heterocycles. The largest absolute Gasteiger partial charge is 0.240 e. The van der Waals surface area contributed by atoms with Crippen LogP contribution in [0.1, 0.15) is 25.8 Å². The van der Waals surface area contributed by atoms with Gasteiger partial charge < -0.3 is 0 Å². The van der Waals surface area contributed by atoms with Crippen molar-refractivity contribution in [3.8, 4) is 21.8 Å². The Bertz CT molecular complexity index is 919. The normalized spacial score (nSPS) is 11.8. The van der Waals surface area contributed by atoms with E-state index in [4.69, 9.17) is 16.6 Å². The van der Waals surface area contributed by atoms with Crippen LogP contribution >= 0.6 is 34.7 Å². The van der Waals surface area contributed by atoms with Crippen LogP contribution < -0.4 is 0 Å². The molecule has 1 aromatic carbocycles. The number of hydrogen-bond donors (Lipinski definition) is 0. The number of hydrogen-bond acceptors (Lipinski definition) is 5. The van der Waals surface area contributed by atoms with E-state index in [-0.39, 0.29) is 11.2 Å². The number of rotatable bonds is 3. The third kappa shape index (κ3) is 3.86. The first kappa shape index (κ1) is 18.3. The molecule has 0 amide bonds. The average Bonchev–Trinajstić information content (AvgIpc) is 3.02. The number of aromatic nitrogens is 3. The van der Waals surface area contributed by atoms with Crippen molar-refractivity contribution < 1.29 is 4.39 Å². The molecule has 0 spiro atoms. The molecule has 0 N–H and O–H groups in total. The summed E-state index contributed by atoms with van der Waals surface area (Å²) in [5.41, 5.74) is 1.87. The van der Waals surface area contributed by atoms with Gasteiger partial charge in [-0.25, -0.2) is 19.3 Å². The van der Waals surface area contributed by atoms with E-state index in [0.29, 0.717) is 21.4 Å². The first-order valence-corrected chi connectivity index (χ1v) is 10.1. The average molecular weight is 394 g/mol. The van der Waals surface area contributed by atoms with Gasteiger partial charge in [-0.2, -0.15) is 0 Å². The zero-order chi connectivity index (χ0) is 18.2. The smallest absolute Gasteiger partial charge is 0.187 e. The minimum Gasteiger partial charge on any atom is -0.240 e. The summed E-state index contributed by atoms with van der Waals surface area (Å²) in [6.07, 6.45) is 3.65. The third-order valence-electron chi connectivity index (χ3n) is 3.50. The van der Waals surface area contributed by atoms with Gasteiger partial charge in [0.25, 0.3) is 0 Å². The molecule has 0 aliphatic heterocycles. The van der Waals surface area contributed by atoms with Crippen LogP contribution in [-0.4, -0.2) is 21.2 Å². The van der Waals surface area contributed by atoms with Crippen molar-refractivity contribution in [3.05, 3.63) is 46.3 Å². The van der Waals surface area contributed by atoms with Crippen LogP contribution in [0.5, 0.6) is 0 Å². The minimum atomic E-state index is -0.344. The Hall–Kier alpha value is -1.50. The molecular formula is C18H17ClFN3S2. The topological polar surface area (TPSA) is 38.7 Å². The van der Waals surface area contributed by atoms with E-state index < -0.39 is 0 Å². The summed E-state index contributed by atoms with van der Waals surface area (Å²) in [5, 5.41) is 2.09. The van der Waals surface area contributed by atoms with Crippen molar-refractivity contribution in [2.24, 2.45) is 0 Å². The molecule has 3 nitrogen and oxygen atoms in total. The summed E-state index contributed by atoms with van der Waals surface area (Å²) >= 11 is 9.36. The summed E-state index contributed by atoms with van der Waals surface area (Å²) in [6.45, 7) is 6.29. The minimum absolute atomic E-state index is 0.132. The summed E-state index contributed by atoms with van der Waals surface area (Å²) in [6, 6.07) is 6.17. The fraction of sp³-hybridized carbons (Fsp3) is 0.278. The summed E-state index contributed by atoms with van der Waals surface area (Å²) in [4.78, 5) is 14.5. The zero-order valence-electron chi connectivity index (χ0n) is 14.3. The van der Waals surface area contributed by atoms with E-state index in [1.807, 2.05) is 12.3 Å². The molecule has 3 rings (SSSR count). The summed E-state index contributed by atoms with van der Waals surface area (Å²) < 4.78 is 13.8. The van der Waals surface area contributed by atoms with Crippen LogP contribution in [0.25, 0.3) is 21.8 Å². The zero-order valence-corrected chi connectivity index (χ0v) is 16.7. The predicted molar refractivity (Wildman–Crippen MR) is 104 cm³/mol. The first-order valence-electron chi connectivity index (χ1n) is 7.63. The molecule has 2 aromatic heterocycles. The van der Waals surface area contributed by atoms with Crippen molar-refractivity contribution in [3.63, 3.8) is 0 Å². The molecule has 0 atom stereocenters. The lowest BCUT2D eigenvalue weighted by molar-refractivity contribution is 0.586. The third-order valence-corrected chi connectivity index (χ3v) is 5.90. The Morgan fingerprint density at radius 3 is 2.60 bits per heavy atom. The molecule has 0 aliphatic rings. The van der Waals surface area contributed by atoms with Crippen LogP contribution in [0.15, 0.2) is 35.6 Å². The van der Waals surface area contributed by atoms with E-state index in [9.17, 15) is 4.39 Å². The summed E-state index contributed by atoms with van der Waals surface area (Å²) in [5.74, 6) is -0.344. The number of thioether (sulfide) groups is 1. The maximum absolute atomic E-state index is 13.8. The van der Waals surface area contributed by atoms with Crippen LogP contribution in [0.3, 0.4) is 0 Å². The fourth-order valence-corrected chi connectivity index (χ4v) is 3.91. The second-order valence-corrected chi connectivity index (χ2v) is 8.68. The molecule has 0 aliphatic carbocycles. The molecule has 0 radical (unpaired) electrons. The van der Waals surface area contributed by atoms with Gasteiger partial charge >= 0.3 is 0 Å². The number of halogens is 2. The van der Waals surface area contributed by atoms with E-state index in [2.05, 4.69) is 30.7 Å². The van der Waals surface area contributed by atoms with E-state index in [1.165, 1.54) is 23.9 Å². The SMILES string of the molecule is CSc1nccc(-c2sc(C(C)(C)C)nc2-c2cc(F)ccc2Cl)n1. The highest BCUT2D eigenvalue weighted by Crippen LogP contribution is 2.42. The Balaban J connectivity index is 2.26. The molecule has 0 saturated carbocycles. The van der Waals surface area contributed by atoms with Crippen molar-refractivity contribution in [1.29, 1.82) is 0 Å². The van der Waals surface area contributed by atoms with Gasteiger partial charge in [0.15, 0.2) is 5.16 Å². The van der Waals surface area contributed by atoms with Gasteiger partial charge in [0.05, 0.1) is 26.3 Å². The molecule has 0 bridgehead atoms. The van der Waals surface area contributed by atoms with Gasteiger partial charge in [-0.3, -0.25) is 0 Å².